The predicted molar refractivity (Wildman–Crippen MR) is 174 cm³/mol. The number of esters is 1. The van der Waals surface area contributed by atoms with Gasteiger partial charge >= 0.3 is 11.7 Å². The molecule has 5 rings (SSSR count). The largest absolute Gasteiger partial charge is 0.497 e. The van der Waals surface area contributed by atoms with Crippen LogP contribution in [-0.2, 0) is 34.1 Å². The Morgan fingerprint density at radius 3 is 1.90 bits per heavy atom. The molecule has 0 amide bonds. The first-order chi connectivity index (χ1) is 23.2. The SMILES string of the molecule is COc1ccc(C(OC[C@H]2O[C@@H](n3ccc(=O)[nH]c3=O)C(OC)[C@H]2OC(=O)CCC(C)=O)(c2ccccc2)c2ccc(OC)cc2)cc1. The molecule has 1 aliphatic heterocycles. The number of hydrogen-bond acceptors (Lipinski definition) is 10. The quantitative estimate of drug-likeness (QED) is 0.157. The third kappa shape index (κ3) is 7.25. The normalized spacial score (nSPS) is 19.1. The Kier molecular flexibility index (Phi) is 10.9. The molecule has 4 atom stereocenters. The molecule has 12 nitrogen and oxygen atoms in total. The summed E-state index contributed by atoms with van der Waals surface area (Å²) in [4.78, 5) is 51.5. The number of nitrogens with zero attached hydrogens (tertiary/aromatic N) is 1. The Morgan fingerprint density at radius 1 is 0.792 bits per heavy atom. The van der Waals surface area contributed by atoms with Crippen LogP contribution in [0, 0.1) is 0 Å². The van der Waals surface area contributed by atoms with Crippen LogP contribution in [0.4, 0.5) is 0 Å². The van der Waals surface area contributed by atoms with E-state index in [2.05, 4.69) is 4.98 Å². The van der Waals surface area contributed by atoms with Crippen LogP contribution in [0.3, 0.4) is 0 Å². The molecular formula is C36H38N2O10. The average Bonchev–Trinajstić information content (AvgIpc) is 3.44. The van der Waals surface area contributed by atoms with Crippen LogP contribution in [0.25, 0.3) is 0 Å². The molecule has 1 N–H and O–H groups in total. The lowest BCUT2D eigenvalue weighted by atomic mass is 9.80. The van der Waals surface area contributed by atoms with E-state index in [1.165, 1.54) is 30.9 Å². The molecule has 2 heterocycles. The van der Waals surface area contributed by atoms with Gasteiger partial charge in [-0.1, -0.05) is 54.6 Å². The number of aromatic nitrogens is 2. The number of benzene rings is 3. The maximum absolute atomic E-state index is 13.0. The van der Waals surface area contributed by atoms with Gasteiger partial charge in [0.05, 0.1) is 27.2 Å². The summed E-state index contributed by atoms with van der Waals surface area (Å²) >= 11 is 0. The highest BCUT2D eigenvalue weighted by molar-refractivity contribution is 5.81. The lowest BCUT2D eigenvalue weighted by molar-refractivity contribution is -0.160. The summed E-state index contributed by atoms with van der Waals surface area (Å²) in [5, 5.41) is 0. The minimum Gasteiger partial charge on any atom is -0.497 e. The first-order valence-electron chi connectivity index (χ1n) is 15.4. The third-order valence-electron chi connectivity index (χ3n) is 8.27. The molecule has 12 heteroatoms. The van der Waals surface area contributed by atoms with Crippen LogP contribution in [0.2, 0.25) is 0 Å². The van der Waals surface area contributed by atoms with E-state index >= 15 is 0 Å². The number of ketones is 1. The minimum absolute atomic E-state index is 0.0000916. The highest BCUT2D eigenvalue weighted by Crippen LogP contribution is 2.43. The maximum Gasteiger partial charge on any atom is 0.330 e. The molecule has 48 heavy (non-hydrogen) atoms. The smallest absolute Gasteiger partial charge is 0.330 e. The molecule has 1 fully saturated rings. The van der Waals surface area contributed by atoms with Gasteiger partial charge in [-0.25, -0.2) is 4.79 Å². The van der Waals surface area contributed by atoms with Crippen molar-refractivity contribution in [1.82, 2.24) is 9.55 Å². The van der Waals surface area contributed by atoms with Crippen molar-refractivity contribution < 1.29 is 38.0 Å². The van der Waals surface area contributed by atoms with Gasteiger partial charge in [0.15, 0.2) is 12.3 Å². The highest BCUT2D eigenvalue weighted by atomic mass is 16.6. The molecule has 0 spiro atoms. The molecule has 1 saturated heterocycles. The van der Waals surface area contributed by atoms with Gasteiger partial charge in [-0.3, -0.25) is 19.1 Å². The van der Waals surface area contributed by atoms with Gasteiger partial charge in [0, 0.05) is 25.8 Å². The number of carbonyl (C=O) groups is 2. The summed E-state index contributed by atoms with van der Waals surface area (Å²) in [6.45, 7) is 1.24. The summed E-state index contributed by atoms with van der Waals surface area (Å²) in [5.41, 5.74) is -0.199. The van der Waals surface area contributed by atoms with Gasteiger partial charge in [0.2, 0.25) is 0 Å². The number of carbonyl (C=O) groups excluding carboxylic acids is 2. The number of methoxy groups -OCH3 is 3. The van der Waals surface area contributed by atoms with Crippen LogP contribution >= 0.6 is 0 Å². The van der Waals surface area contributed by atoms with E-state index in [1.807, 2.05) is 78.9 Å². The fourth-order valence-corrected chi connectivity index (χ4v) is 5.86. The van der Waals surface area contributed by atoms with Crippen molar-refractivity contribution >= 4 is 11.8 Å². The van der Waals surface area contributed by atoms with Gasteiger partial charge in [-0.05, 0) is 47.9 Å². The van der Waals surface area contributed by atoms with Crippen LogP contribution in [-0.4, -0.2) is 67.6 Å². The second-order valence-corrected chi connectivity index (χ2v) is 11.3. The number of nitrogens with one attached hydrogen (secondary N) is 1. The van der Waals surface area contributed by atoms with Crippen LogP contribution in [0.1, 0.15) is 42.7 Å². The molecule has 3 aromatic carbocycles. The fourth-order valence-electron chi connectivity index (χ4n) is 5.86. The number of rotatable bonds is 14. The predicted octanol–water partition coefficient (Wildman–Crippen LogP) is 3.76. The molecule has 0 bridgehead atoms. The van der Waals surface area contributed by atoms with Gasteiger partial charge in [-0.15, -0.1) is 0 Å². The van der Waals surface area contributed by atoms with Crippen molar-refractivity contribution in [2.24, 2.45) is 0 Å². The van der Waals surface area contributed by atoms with E-state index in [1.54, 1.807) is 14.2 Å². The lowest BCUT2D eigenvalue weighted by Gasteiger charge is -2.37. The molecule has 1 aliphatic rings. The monoisotopic (exact) mass is 658 g/mol. The van der Waals surface area contributed by atoms with Crippen molar-refractivity contribution in [1.29, 1.82) is 0 Å². The molecule has 0 saturated carbocycles. The summed E-state index contributed by atoms with van der Waals surface area (Å²) in [7, 11) is 4.58. The van der Waals surface area contributed by atoms with Crippen LogP contribution < -0.4 is 20.7 Å². The minimum atomic E-state index is -1.22. The summed E-state index contributed by atoms with van der Waals surface area (Å²) in [5.74, 6) is 0.510. The Bertz CT molecular complexity index is 1750. The molecule has 0 aliphatic carbocycles. The molecule has 1 unspecified atom stereocenters. The molecule has 252 valence electrons. The van der Waals surface area contributed by atoms with Crippen molar-refractivity contribution in [2.45, 2.75) is 49.9 Å². The van der Waals surface area contributed by atoms with Gasteiger partial charge in [0.25, 0.3) is 5.56 Å². The van der Waals surface area contributed by atoms with Gasteiger partial charge in [-0.2, -0.15) is 0 Å². The lowest BCUT2D eigenvalue weighted by Crippen LogP contribution is -2.43. The number of ether oxygens (including phenoxy) is 6. The second kappa shape index (κ2) is 15.2. The molecule has 1 aromatic heterocycles. The van der Waals surface area contributed by atoms with Crippen molar-refractivity contribution in [2.75, 3.05) is 27.9 Å². The van der Waals surface area contributed by atoms with Crippen LogP contribution in [0.15, 0.2) is 101 Å². The molecule has 4 aromatic rings. The number of H-pyrrole nitrogens is 1. The van der Waals surface area contributed by atoms with Crippen molar-refractivity contribution in [3.8, 4) is 11.5 Å². The zero-order valence-corrected chi connectivity index (χ0v) is 27.1. The maximum atomic E-state index is 13.0. The number of Topliss-reactive ketones (excluding diaryl/α,β-unsaturated/α-hetero) is 1. The Labute approximate surface area is 277 Å². The van der Waals surface area contributed by atoms with Gasteiger partial charge < -0.3 is 33.2 Å². The average molecular weight is 659 g/mol. The fraction of sp³-hybridized carbons (Fsp3) is 0.333. The van der Waals surface area contributed by atoms with E-state index in [-0.39, 0.29) is 25.2 Å². The van der Waals surface area contributed by atoms with E-state index in [9.17, 15) is 19.2 Å². The third-order valence-corrected chi connectivity index (χ3v) is 8.27. The van der Waals surface area contributed by atoms with E-state index in [4.69, 9.17) is 28.4 Å². The highest BCUT2D eigenvalue weighted by Gasteiger charge is 2.50. The Morgan fingerprint density at radius 2 is 1.38 bits per heavy atom. The topological polar surface area (TPSA) is 144 Å². The van der Waals surface area contributed by atoms with E-state index < -0.39 is 47.4 Å². The summed E-state index contributed by atoms with van der Waals surface area (Å²) in [6.07, 6.45) is -2.94. The number of hydrogen-bond donors (Lipinski definition) is 1. The van der Waals surface area contributed by atoms with Crippen molar-refractivity contribution in [3.05, 3.63) is 129 Å². The standard InChI is InChI=1S/C36H38N2O10/c1-23(39)10-19-31(41)48-32-29(47-34(33(32)45-4)38-21-20-30(40)37-35(38)42)22-46-36(24-8-6-5-7-9-24,25-11-15-27(43-2)16-12-25)26-13-17-28(44-3)18-14-26/h5-9,11-18,20-21,29,32-34H,10,19,22H2,1-4H3,(H,37,40,42)/t29-,32+,33?,34-/m1/s1. The number of aromatic amines is 1. The van der Waals surface area contributed by atoms with Crippen molar-refractivity contribution in [3.63, 3.8) is 0 Å². The zero-order valence-electron chi connectivity index (χ0n) is 27.1. The zero-order chi connectivity index (χ0) is 34.3. The van der Waals surface area contributed by atoms with Crippen LogP contribution in [0.5, 0.6) is 11.5 Å². The van der Waals surface area contributed by atoms with Gasteiger partial charge in [0.1, 0.15) is 35.1 Å². The molecular weight excluding hydrogens is 620 g/mol. The molecule has 0 radical (unpaired) electrons. The first kappa shape index (κ1) is 34.3. The summed E-state index contributed by atoms with van der Waals surface area (Å²) < 4.78 is 37.1. The van der Waals surface area contributed by atoms with E-state index in [0.29, 0.717) is 11.5 Å². The first-order valence-corrected chi connectivity index (χ1v) is 15.4. The Hall–Kier alpha value is -5.04. The second-order valence-electron chi connectivity index (χ2n) is 11.3. The Balaban J connectivity index is 1.60. The van der Waals surface area contributed by atoms with E-state index in [0.717, 1.165) is 16.7 Å². The summed E-state index contributed by atoms with van der Waals surface area (Å²) in [6, 6.07) is 25.8.